The molecule has 0 spiro atoms. The van der Waals surface area contributed by atoms with E-state index in [-0.39, 0.29) is 0 Å². The van der Waals surface area contributed by atoms with Gasteiger partial charge in [-0.1, -0.05) is 66.4 Å². The van der Waals surface area contributed by atoms with Crippen molar-refractivity contribution in [3.63, 3.8) is 0 Å². The van der Waals surface area contributed by atoms with E-state index < -0.39 is 0 Å². The Kier molecular flexibility index (Phi) is 3.27. The van der Waals surface area contributed by atoms with Gasteiger partial charge in [-0.25, -0.2) is 0 Å². The highest BCUT2D eigenvalue weighted by molar-refractivity contribution is 7.99. The average molecular weight is 306 g/mol. The Hall–Kier alpha value is -2.40. The molecule has 1 aliphatic rings. The molecule has 0 fully saturated rings. The van der Waals surface area contributed by atoms with Gasteiger partial charge in [-0.2, -0.15) is 9.78 Å². The highest BCUT2D eigenvalue weighted by Gasteiger charge is 2.21. The molecule has 2 aromatic carbocycles. The van der Waals surface area contributed by atoms with Crippen LogP contribution in [0.3, 0.4) is 0 Å². The number of benzene rings is 2. The van der Waals surface area contributed by atoms with Crippen molar-refractivity contribution in [1.82, 2.24) is 14.9 Å². The van der Waals surface area contributed by atoms with Crippen LogP contribution in [-0.4, -0.2) is 26.3 Å². The lowest BCUT2D eigenvalue weighted by molar-refractivity contribution is 0.762. The van der Waals surface area contributed by atoms with Crippen molar-refractivity contribution in [3.05, 3.63) is 65.7 Å². The Morgan fingerprint density at radius 1 is 0.955 bits per heavy atom. The van der Waals surface area contributed by atoms with Crippen LogP contribution in [0.4, 0.5) is 0 Å². The monoisotopic (exact) mass is 306 g/mol. The molecule has 0 aliphatic carbocycles. The van der Waals surface area contributed by atoms with Gasteiger partial charge < -0.3 is 0 Å². The van der Waals surface area contributed by atoms with Crippen LogP contribution in [-0.2, 0) is 0 Å². The van der Waals surface area contributed by atoms with E-state index in [2.05, 4.69) is 41.4 Å². The Morgan fingerprint density at radius 2 is 1.73 bits per heavy atom. The summed E-state index contributed by atoms with van der Waals surface area (Å²) in [5.74, 6) is 1.62. The molecule has 4 rings (SSSR count). The second-order valence-electron chi connectivity index (χ2n) is 5.13. The van der Waals surface area contributed by atoms with E-state index in [1.165, 1.54) is 5.56 Å². The SMILES string of the molecule is Cc1ccccc1-c1nnc2n1N=C(c1ccccc1)CS2. The fourth-order valence-electron chi connectivity index (χ4n) is 2.49. The van der Waals surface area contributed by atoms with E-state index in [1.54, 1.807) is 11.8 Å². The number of thioether (sulfide) groups is 1. The molecule has 0 N–H and O–H groups in total. The van der Waals surface area contributed by atoms with E-state index in [1.807, 2.05) is 35.0 Å². The zero-order valence-electron chi connectivity index (χ0n) is 12.1. The van der Waals surface area contributed by atoms with Crippen LogP contribution >= 0.6 is 11.8 Å². The van der Waals surface area contributed by atoms with Crippen molar-refractivity contribution in [3.8, 4) is 11.4 Å². The first kappa shape index (κ1) is 13.3. The maximum absolute atomic E-state index is 4.78. The lowest BCUT2D eigenvalue weighted by Gasteiger charge is -2.14. The number of aryl methyl sites for hydroxylation is 1. The summed E-state index contributed by atoms with van der Waals surface area (Å²) in [4.78, 5) is 0. The van der Waals surface area contributed by atoms with Crippen LogP contribution in [0, 0.1) is 6.92 Å². The molecule has 0 radical (unpaired) electrons. The van der Waals surface area contributed by atoms with E-state index in [0.29, 0.717) is 0 Å². The van der Waals surface area contributed by atoms with Gasteiger partial charge in [-0.3, -0.25) is 0 Å². The molecule has 22 heavy (non-hydrogen) atoms. The number of fused-ring (bicyclic) bond motifs is 1. The summed E-state index contributed by atoms with van der Waals surface area (Å²) in [7, 11) is 0. The molecule has 0 unspecified atom stereocenters. The Morgan fingerprint density at radius 3 is 2.55 bits per heavy atom. The summed E-state index contributed by atoms with van der Waals surface area (Å²) in [5.41, 5.74) is 4.43. The van der Waals surface area contributed by atoms with Gasteiger partial charge in [0.25, 0.3) is 0 Å². The molecule has 2 heterocycles. The second kappa shape index (κ2) is 5.42. The summed E-state index contributed by atoms with van der Waals surface area (Å²) in [6.45, 7) is 2.08. The van der Waals surface area contributed by atoms with Crippen LogP contribution < -0.4 is 0 Å². The Labute approximate surface area is 132 Å². The van der Waals surface area contributed by atoms with Gasteiger partial charge >= 0.3 is 0 Å². The first-order chi connectivity index (χ1) is 10.8. The molecule has 0 saturated carbocycles. The molecule has 0 atom stereocenters. The minimum Gasteiger partial charge on any atom is -0.187 e. The standard InChI is InChI=1S/C17H14N4S/c1-12-7-5-6-10-14(12)16-18-19-17-21(16)20-15(11-22-17)13-8-3-2-4-9-13/h2-10H,11H2,1H3. The topological polar surface area (TPSA) is 43.1 Å². The average Bonchev–Trinajstić information content (AvgIpc) is 2.99. The van der Waals surface area contributed by atoms with Crippen molar-refractivity contribution in [1.29, 1.82) is 0 Å². The van der Waals surface area contributed by atoms with Crippen molar-refractivity contribution in [2.75, 3.05) is 5.75 Å². The largest absolute Gasteiger partial charge is 0.212 e. The summed E-state index contributed by atoms with van der Waals surface area (Å²) < 4.78 is 1.86. The number of nitrogens with zero attached hydrogens (tertiary/aromatic N) is 4. The molecule has 1 aliphatic heterocycles. The van der Waals surface area contributed by atoms with Crippen molar-refractivity contribution >= 4 is 17.5 Å². The Balaban J connectivity index is 1.84. The first-order valence-corrected chi connectivity index (χ1v) is 8.09. The van der Waals surface area contributed by atoms with Crippen LogP contribution in [0.5, 0.6) is 0 Å². The number of rotatable bonds is 2. The van der Waals surface area contributed by atoms with E-state index in [0.717, 1.165) is 33.6 Å². The molecule has 0 saturated heterocycles. The van der Waals surface area contributed by atoms with Crippen LogP contribution in [0.2, 0.25) is 0 Å². The van der Waals surface area contributed by atoms with Crippen LogP contribution in [0.1, 0.15) is 11.1 Å². The third kappa shape index (κ3) is 2.23. The van der Waals surface area contributed by atoms with Crippen molar-refractivity contribution in [2.24, 2.45) is 5.10 Å². The number of hydrogen-bond donors (Lipinski definition) is 0. The predicted octanol–water partition coefficient (Wildman–Crippen LogP) is 3.61. The third-order valence-electron chi connectivity index (χ3n) is 3.66. The highest BCUT2D eigenvalue weighted by atomic mass is 32.2. The van der Waals surface area contributed by atoms with Gasteiger partial charge in [-0.05, 0) is 18.1 Å². The van der Waals surface area contributed by atoms with E-state index in [4.69, 9.17) is 5.10 Å². The van der Waals surface area contributed by atoms with E-state index in [9.17, 15) is 0 Å². The zero-order valence-corrected chi connectivity index (χ0v) is 12.9. The minimum atomic E-state index is 0.800. The van der Waals surface area contributed by atoms with Gasteiger partial charge in [0, 0.05) is 11.3 Å². The van der Waals surface area contributed by atoms with Gasteiger partial charge in [0.1, 0.15) is 0 Å². The van der Waals surface area contributed by atoms with Gasteiger partial charge in [-0.15, -0.1) is 10.2 Å². The number of aromatic nitrogens is 3. The third-order valence-corrected chi connectivity index (χ3v) is 4.59. The first-order valence-electron chi connectivity index (χ1n) is 7.10. The summed E-state index contributed by atoms with van der Waals surface area (Å²) in [6, 6.07) is 18.4. The maximum Gasteiger partial charge on any atom is 0.212 e. The smallest absolute Gasteiger partial charge is 0.187 e. The molecule has 5 heteroatoms. The van der Waals surface area contributed by atoms with Gasteiger partial charge in [0.05, 0.1) is 5.71 Å². The molecule has 108 valence electrons. The highest BCUT2D eigenvalue weighted by Crippen LogP contribution is 2.29. The fraction of sp³-hybridized carbons (Fsp3) is 0.118. The lowest BCUT2D eigenvalue weighted by Crippen LogP contribution is -2.13. The quantitative estimate of drug-likeness (QED) is 0.726. The van der Waals surface area contributed by atoms with Gasteiger partial charge in [0.15, 0.2) is 5.82 Å². The second-order valence-corrected chi connectivity index (χ2v) is 6.08. The Bertz CT molecular complexity index is 852. The molecule has 3 aromatic rings. The number of hydrogen-bond acceptors (Lipinski definition) is 4. The maximum atomic E-state index is 4.78. The lowest BCUT2D eigenvalue weighted by atomic mass is 10.1. The summed E-state index contributed by atoms with van der Waals surface area (Å²) in [5, 5.41) is 14.2. The summed E-state index contributed by atoms with van der Waals surface area (Å²) in [6.07, 6.45) is 0. The molecule has 0 bridgehead atoms. The molecular weight excluding hydrogens is 292 g/mol. The van der Waals surface area contributed by atoms with Gasteiger partial charge in [0.2, 0.25) is 5.16 Å². The van der Waals surface area contributed by atoms with Crippen LogP contribution in [0.15, 0.2) is 64.9 Å². The molecule has 0 amide bonds. The fourth-order valence-corrected chi connectivity index (χ4v) is 3.33. The molecule has 4 nitrogen and oxygen atoms in total. The minimum absolute atomic E-state index is 0.800. The van der Waals surface area contributed by atoms with Crippen molar-refractivity contribution in [2.45, 2.75) is 12.1 Å². The molecule has 1 aromatic heterocycles. The zero-order chi connectivity index (χ0) is 14.9. The normalized spacial score (nSPS) is 13.6. The van der Waals surface area contributed by atoms with Crippen LogP contribution in [0.25, 0.3) is 11.4 Å². The summed E-state index contributed by atoms with van der Waals surface area (Å²) >= 11 is 1.67. The predicted molar refractivity (Wildman–Crippen MR) is 89.3 cm³/mol. The van der Waals surface area contributed by atoms with E-state index >= 15 is 0 Å². The van der Waals surface area contributed by atoms with Crippen molar-refractivity contribution < 1.29 is 0 Å². The molecular formula is C17H14N4S.